The first-order chi connectivity index (χ1) is 24.2. The molecule has 2 aliphatic rings. The molecule has 1 aromatic heterocycles. The van der Waals surface area contributed by atoms with Gasteiger partial charge in [0.2, 0.25) is 11.7 Å². The molecule has 274 valence electrons. The second-order valence-electron chi connectivity index (χ2n) is 13.2. The van der Waals surface area contributed by atoms with Crippen molar-refractivity contribution in [1.82, 2.24) is 19.4 Å². The molecule has 1 atom stereocenters. The van der Waals surface area contributed by atoms with E-state index in [2.05, 4.69) is 10.2 Å². The maximum atomic E-state index is 14.6. The fourth-order valence-electron chi connectivity index (χ4n) is 7.33. The van der Waals surface area contributed by atoms with Crippen LogP contribution in [0.15, 0.2) is 54.6 Å². The number of Topliss-reactive ketones (excluding diaryl/α,β-unsaturated/α-hetero) is 1. The number of hydrogen-bond donors (Lipinski definition) is 1. The molecule has 0 radical (unpaired) electrons. The number of ketones is 1. The van der Waals surface area contributed by atoms with Crippen LogP contribution in [0, 0.1) is 11.6 Å². The van der Waals surface area contributed by atoms with Gasteiger partial charge in [0.15, 0.2) is 28.9 Å². The maximum absolute atomic E-state index is 14.6. The molecule has 13 heteroatoms. The van der Waals surface area contributed by atoms with E-state index >= 15 is 0 Å². The Morgan fingerprint density at radius 2 is 1.65 bits per heavy atom. The van der Waals surface area contributed by atoms with E-state index in [0.717, 1.165) is 43.5 Å². The number of nitrogens with one attached hydrogen (secondary N) is 1. The van der Waals surface area contributed by atoms with Gasteiger partial charge in [0, 0.05) is 49.6 Å². The van der Waals surface area contributed by atoms with Gasteiger partial charge in [0.25, 0.3) is 5.91 Å². The highest BCUT2D eigenvalue weighted by atomic mass is 35.5. The van der Waals surface area contributed by atoms with Gasteiger partial charge in [-0.3, -0.25) is 9.59 Å². The van der Waals surface area contributed by atoms with Crippen LogP contribution in [0.2, 0.25) is 0 Å². The summed E-state index contributed by atoms with van der Waals surface area (Å²) in [5.41, 5.74) is 2.31. The Morgan fingerprint density at radius 1 is 0.941 bits per heavy atom. The predicted molar refractivity (Wildman–Crippen MR) is 195 cm³/mol. The fourth-order valence-corrected chi connectivity index (χ4v) is 7.33. The first kappa shape index (κ1) is 37.8. The molecule has 1 unspecified atom stereocenters. The number of imidazole rings is 1. The topological polar surface area (TPSA) is 98.2 Å². The van der Waals surface area contributed by atoms with E-state index in [1.807, 2.05) is 35.8 Å². The number of rotatable bonds is 13. The molecule has 1 N–H and O–H groups in total. The molecule has 2 aliphatic heterocycles. The molecule has 3 aromatic carbocycles. The average molecular weight is 726 g/mol. The lowest BCUT2D eigenvalue weighted by Crippen LogP contribution is -2.42. The van der Waals surface area contributed by atoms with Crippen LogP contribution in [0.25, 0.3) is 11.0 Å². The van der Waals surface area contributed by atoms with E-state index in [-0.39, 0.29) is 36.7 Å². The molecule has 0 spiro atoms. The van der Waals surface area contributed by atoms with E-state index in [9.17, 15) is 18.4 Å². The molecule has 3 heterocycles. The lowest BCUT2D eigenvalue weighted by Gasteiger charge is -2.36. The number of anilines is 1. The van der Waals surface area contributed by atoms with Gasteiger partial charge < -0.3 is 33.9 Å². The third-order valence-corrected chi connectivity index (χ3v) is 10.3. The summed E-state index contributed by atoms with van der Waals surface area (Å²) >= 11 is 0. The first-order valence-electron chi connectivity index (χ1n) is 17.2. The van der Waals surface area contributed by atoms with Crippen LogP contribution in [0.4, 0.5) is 14.7 Å². The van der Waals surface area contributed by atoms with Crippen LogP contribution in [-0.4, -0.2) is 91.1 Å². The summed E-state index contributed by atoms with van der Waals surface area (Å²) in [5, 5.41) is 3.61. The summed E-state index contributed by atoms with van der Waals surface area (Å²) in [5.74, 6) is 0.0321. The summed E-state index contributed by atoms with van der Waals surface area (Å²) < 4.78 is 47.0. The lowest BCUT2D eigenvalue weighted by atomic mass is 9.76. The number of halogens is 3. The highest BCUT2D eigenvalue weighted by Gasteiger charge is 2.42. The first-order valence-corrected chi connectivity index (χ1v) is 17.2. The van der Waals surface area contributed by atoms with E-state index < -0.39 is 17.0 Å². The van der Waals surface area contributed by atoms with Crippen LogP contribution in [0.1, 0.15) is 54.9 Å². The number of carbonyl (C=O) groups excluding carboxylic acids is 2. The number of para-hydroxylation sites is 2. The van der Waals surface area contributed by atoms with Crippen molar-refractivity contribution in [3.05, 3.63) is 77.4 Å². The monoisotopic (exact) mass is 725 g/mol. The van der Waals surface area contributed by atoms with Gasteiger partial charge in [0.05, 0.1) is 38.9 Å². The molecule has 51 heavy (non-hydrogen) atoms. The van der Waals surface area contributed by atoms with Crippen molar-refractivity contribution in [3.8, 4) is 17.2 Å². The van der Waals surface area contributed by atoms with Crippen molar-refractivity contribution in [2.24, 2.45) is 0 Å². The Kier molecular flexibility index (Phi) is 12.1. The molecular weight excluding hydrogens is 680 g/mol. The number of aromatic nitrogens is 2. The molecule has 2 fully saturated rings. The van der Waals surface area contributed by atoms with E-state index in [1.165, 1.54) is 33.5 Å². The molecule has 10 nitrogen and oxygen atoms in total. The van der Waals surface area contributed by atoms with Gasteiger partial charge in [-0.1, -0.05) is 25.1 Å². The smallest absolute Gasteiger partial charge is 0.254 e. The minimum atomic E-state index is -0.894. The van der Waals surface area contributed by atoms with Crippen LogP contribution >= 0.6 is 12.4 Å². The molecular formula is C38H46ClF2N5O5. The molecule has 0 saturated carbocycles. The summed E-state index contributed by atoms with van der Waals surface area (Å²) in [7, 11) is 4.51. The Hall–Kier alpha value is -4.42. The fraction of sp³-hybridized carbons (Fsp3) is 0.447. The average Bonchev–Trinajstić information content (AvgIpc) is 3.73. The largest absolute Gasteiger partial charge is 0.493 e. The van der Waals surface area contributed by atoms with Gasteiger partial charge >= 0.3 is 0 Å². The standard InChI is InChI=1S/C38H45F2N5O5.ClH/c1-5-28(46)23-45-32-9-7-6-8-31(32)42-37(45)41-27-12-16-43(17-13-27)18-14-38(26-10-11-29(39)30(40)22-26)15-19-44(24-38)36(47)25-20-33(48-2)35(50-4)34(21-25)49-3;/h6-11,20-22,27H,5,12-19,23-24H2,1-4H3,(H,41,42);1H. The predicted octanol–water partition coefficient (Wildman–Crippen LogP) is 6.49. The van der Waals surface area contributed by atoms with Crippen LogP contribution in [0.3, 0.4) is 0 Å². The van der Waals surface area contributed by atoms with Gasteiger partial charge in [-0.15, -0.1) is 12.4 Å². The van der Waals surface area contributed by atoms with E-state index in [4.69, 9.17) is 19.2 Å². The number of benzene rings is 3. The number of fused-ring (bicyclic) bond motifs is 1. The lowest BCUT2D eigenvalue weighted by molar-refractivity contribution is -0.119. The Labute approximate surface area is 303 Å². The number of hydrogen-bond acceptors (Lipinski definition) is 8. The van der Waals surface area contributed by atoms with Crippen molar-refractivity contribution in [3.63, 3.8) is 0 Å². The van der Waals surface area contributed by atoms with Gasteiger partial charge in [-0.2, -0.15) is 0 Å². The van der Waals surface area contributed by atoms with Crippen LogP contribution in [-0.2, 0) is 16.8 Å². The van der Waals surface area contributed by atoms with Crippen molar-refractivity contribution >= 4 is 41.1 Å². The molecule has 0 aliphatic carbocycles. The molecule has 2 saturated heterocycles. The number of carbonyl (C=O) groups is 2. The number of amides is 1. The van der Waals surface area contributed by atoms with Gasteiger partial charge in [0.1, 0.15) is 0 Å². The van der Waals surface area contributed by atoms with Crippen LogP contribution < -0.4 is 19.5 Å². The normalized spacial score (nSPS) is 18.0. The molecule has 4 aromatic rings. The van der Waals surface area contributed by atoms with Crippen molar-refractivity contribution in [1.29, 1.82) is 0 Å². The third-order valence-electron chi connectivity index (χ3n) is 10.3. The SMILES string of the molecule is CCC(=O)Cn1c(NC2CCN(CCC3(c4ccc(F)c(F)c4)CCN(C(=O)c4cc(OC)c(OC)c(OC)c4)C3)CC2)nc2ccccc21.Cl. The minimum absolute atomic E-state index is 0. The van der Waals surface area contributed by atoms with Crippen molar-refractivity contribution < 1.29 is 32.6 Å². The van der Waals surface area contributed by atoms with Crippen molar-refractivity contribution in [2.75, 3.05) is 59.4 Å². The summed E-state index contributed by atoms with van der Waals surface area (Å²) in [6.07, 6.45) is 3.51. The number of ether oxygens (including phenoxy) is 3. The molecule has 6 rings (SSSR count). The summed E-state index contributed by atoms with van der Waals surface area (Å²) in [6.45, 7) is 5.39. The second kappa shape index (κ2) is 16.3. The Balaban J connectivity index is 0.00000504. The highest BCUT2D eigenvalue weighted by Crippen LogP contribution is 2.42. The van der Waals surface area contributed by atoms with Crippen LogP contribution in [0.5, 0.6) is 17.2 Å². The number of nitrogens with zero attached hydrogens (tertiary/aromatic N) is 4. The summed E-state index contributed by atoms with van der Waals surface area (Å²) in [6, 6.07) is 15.4. The number of methoxy groups -OCH3 is 3. The molecule has 0 bridgehead atoms. The minimum Gasteiger partial charge on any atom is -0.493 e. The van der Waals surface area contributed by atoms with E-state index in [0.29, 0.717) is 66.7 Å². The highest BCUT2D eigenvalue weighted by molar-refractivity contribution is 5.96. The van der Waals surface area contributed by atoms with Gasteiger partial charge in [-0.25, -0.2) is 13.8 Å². The van der Waals surface area contributed by atoms with Crippen molar-refractivity contribution in [2.45, 2.75) is 57.0 Å². The number of piperidine rings is 1. The molecule has 1 amide bonds. The zero-order chi connectivity index (χ0) is 35.4. The Bertz CT molecular complexity index is 1840. The summed E-state index contributed by atoms with van der Waals surface area (Å²) in [4.78, 5) is 35.2. The Morgan fingerprint density at radius 3 is 2.29 bits per heavy atom. The van der Waals surface area contributed by atoms with Gasteiger partial charge in [-0.05, 0) is 74.2 Å². The quantitative estimate of drug-likeness (QED) is 0.167. The zero-order valence-electron chi connectivity index (χ0n) is 29.5. The number of likely N-dealkylation sites (tertiary alicyclic amines) is 2. The second-order valence-corrected chi connectivity index (χ2v) is 13.2. The maximum Gasteiger partial charge on any atom is 0.254 e. The zero-order valence-corrected chi connectivity index (χ0v) is 30.4. The third kappa shape index (κ3) is 7.92. The van der Waals surface area contributed by atoms with E-state index in [1.54, 1.807) is 23.1 Å².